The van der Waals surface area contributed by atoms with E-state index in [9.17, 15) is 19.7 Å². The van der Waals surface area contributed by atoms with Crippen LogP contribution in [0.3, 0.4) is 0 Å². The molecule has 2 heterocycles. The number of anilines is 2. The molecule has 170 valence electrons. The van der Waals surface area contributed by atoms with Gasteiger partial charge in [0.15, 0.2) is 0 Å². The molecule has 2 N–H and O–H groups in total. The number of nitrogens with two attached hydrogens (primary N) is 1. The Morgan fingerprint density at radius 3 is 2.26 bits per heavy atom. The molecule has 0 bridgehead atoms. The normalized spacial score (nSPS) is 13.3. The molecule has 9 heteroatoms. The number of aromatic nitrogens is 1. The van der Waals surface area contributed by atoms with Gasteiger partial charge in [-0.1, -0.05) is 42.1 Å². The summed E-state index contributed by atoms with van der Waals surface area (Å²) in [6, 6.07) is 19.6. The second-order valence-electron chi connectivity index (χ2n) is 7.65. The third-order valence-electron chi connectivity index (χ3n) is 5.63. The number of pyridine rings is 1. The standard InChI is InChI=1S/C25H21FN6OS/c26-18-6-8-19(9-7-18)31-10-12-32(13-11-31)22(33)16-34-25-21(15-28)23(17-4-2-1-3-5-17)20(14-27)24(29)30-25/h1-9H,10-13,16H2,(H2,29,30). The number of carbonyl (C=O) groups is 1. The van der Waals surface area contributed by atoms with Crippen molar-refractivity contribution in [1.82, 2.24) is 9.88 Å². The van der Waals surface area contributed by atoms with Crippen LogP contribution < -0.4 is 10.6 Å². The lowest BCUT2D eigenvalue weighted by molar-refractivity contribution is -0.128. The molecule has 34 heavy (non-hydrogen) atoms. The predicted octanol–water partition coefficient (Wildman–Crippen LogP) is 3.65. The van der Waals surface area contributed by atoms with Gasteiger partial charge < -0.3 is 15.5 Å². The number of thioether (sulfide) groups is 1. The van der Waals surface area contributed by atoms with Gasteiger partial charge in [-0.05, 0) is 29.8 Å². The van der Waals surface area contributed by atoms with Crippen molar-refractivity contribution in [3.8, 4) is 23.3 Å². The summed E-state index contributed by atoms with van der Waals surface area (Å²) in [4.78, 5) is 21.0. The summed E-state index contributed by atoms with van der Waals surface area (Å²) < 4.78 is 13.2. The van der Waals surface area contributed by atoms with E-state index in [1.54, 1.807) is 29.2 Å². The zero-order chi connectivity index (χ0) is 24.1. The Morgan fingerprint density at radius 1 is 1.00 bits per heavy atom. The van der Waals surface area contributed by atoms with E-state index in [4.69, 9.17) is 5.73 Å². The number of hydrogen-bond acceptors (Lipinski definition) is 7. The van der Waals surface area contributed by atoms with Crippen LogP contribution in [0.2, 0.25) is 0 Å². The van der Waals surface area contributed by atoms with E-state index >= 15 is 0 Å². The van der Waals surface area contributed by atoms with E-state index < -0.39 is 0 Å². The highest BCUT2D eigenvalue weighted by molar-refractivity contribution is 8.00. The number of nitrogens with zero attached hydrogens (tertiary/aromatic N) is 5. The zero-order valence-corrected chi connectivity index (χ0v) is 19.1. The van der Waals surface area contributed by atoms with Crippen molar-refractivity contribution in [3.05, 3.63) is 71.5 Å². The molecule has 1 saturated heterocycles. The molecule has 0 saturated carbocycles. The van der Waals surface area contributed by atoms with Gasteiger partial charge in [0, 0.05) is 37.4 Å². The summed E-state index contributed by atoms with van der Waals surface area (Å²) in [7, 11) is 0. The summed E-state index contributed by atoms with van der Waals surface area (Å²) in [6.45, 7) is 2.37. The number of halogens is 1. The van der Waals surface area contributed by atoms with Gasteiger partial charge in [-0.2, -0.15) is 10.5 Å². The van der Waals surface area contributed by atoms with E-state index in [-0.39, 0.29) is 34.4 Å². The van der Waals surface area contributed by atoms with Crippen LogP contribution in [-0.4, -0.2) is 47.7 Å². The van der Waals surface area contributed by atoms with Gasteiger partial charge in [-0.15, -0.1) is 0 Å². The molecule has 1 aromatic heterocycles. The summed E-state index contributed by atoms with van der Waals surface area (Å²) in [6.07, 6.45) is 0. The van der Waals surface area contributed by atoms with E-state index in [2.05, 4.69) is 22.0 Å². The van der Waals surface area contributed by atoms with Gasteiger partial charge in [-0.3, -0.25) is 4.79 Å². The molecule has 2 aromatic carbocycles. The molecule has 3 aromatic rings. The Hall–Kier alpha value is -4.08. The first-order valence-corrected chi connectivity index (χ1v) is 11.6. The molecule has 1 amide bonds. The van der Waals surface area contributed by atoms with Gasteiger partial charge in [0.05, 0.1) is 11.3 Å². The molecule has 1 aliphatic heterocycles. The highest BCUT2D eigenvalue weighted by atomic mass is 32.2. The zero-order valence-electron chi connectivity index (χ0n) is 18.2. The van der Waals surface area contributed by atoms with E-state index in [0.29, 0.717) is 42.3 Å². The lowest BCUT2D eigenvalue weighted by Crippen LogP contribution is -2.49. The van der Waals surface area contributed by atoms with Crippen LogP contribution >= 0.6 is 11.8 Å². The number of piperazine rings is 1. The quantitative estimate of drug-likeness (QED) is 0.564. The molecule has 7 nitrogen and oxygen atoms in total. The van der Waals surface area contributed by atoms with Crippen LogP contribution in [0.4, 0.5) is 15.9 Å². The predicted molar refractivity (Wildman–Crippen MR) is 129 cm³/mol. The van der Waals surface area contributed by atoms with Crippen molar-refractivity contribution in [2.45, 2.75) is 5.03 Å². The molecule has 0 radical (unpaired) electrons. The van der Waals surface area contributed by atoms with Gasteiger partial charge >= 0.3 is 0 Å². The second-order valence-corrected chi connectivity index (χ2v) is 8.61. The molecule has 0 spiro atoms. The average molecular weight is 473 g/mol. The number of hydrogen-bond donors (Lipinski definition) is 1. The first-order valence-electron chi connectivity index (χ1n) is 10.6. The number of amides is 1. The fraction of sp³-hybridized carbons (Fsp3) is 0.200. The van der Waals surface area contributed by atoms with Crippen molar-refractivity contribution in [3.63, 3.8) is 0 Å². The highest BCUT2D eigenvalue weighted by Gasteiger charge is 2.24. The van der Waals surface area contributed by atoms with Crippen molar-refractivity contribution < 1.29 is 9.18 Å². The summed E-state index contributed by atoms with van der Waals surface area (Å²) in [5, 5.41) is 19.8. The molecule has 0 aliphatic carbocycles. The Morgan fingerprint density at radius 2 is 1.65 bits per heavy atom. The molecule has 4 rings (SSSR count). The van der Waals surface area contributed by atoms with Crippen LogP contribution in [-0.2, 0) is 4.79 Å². The summed E-state index contributed by atoms with van der Waals surface area (Å²) in [5.74, 6) is -0.224. The number of carbonyl (C=O) groups excluding carboxylic acids is 1. The van der Waals surface area contributed by atoms with Crippen LogP contribution in [0.15, 0.2) is 59.6 Å². The maximum atomic E-state index is 13.2. The fourth-order valence-electron chi connectivity index (χ4n) is 3.88. The van der Waals surface area contributed by atoms with Crippen LogP contribution in [0.25, 0.3) is 11.1 Å². The molecular weight excluding hydrogens is 451 g/mol. The first-order chi connectivity index (χ1) is 16.5. The van der Waals surface area contributed by atoms with Crippen LogP contribution in [0, 0.1) is 28.5 Å². The number of nitriles is 2. The van der Waals surface area contributed by atoms with E-state index in [1.807, 2.05) is 18.2 Å². The Bertz CT molecular complexity index is 1280. The molecule has 0 atom stereocenters. The topological polar surface area (TPSA) is 110 Å². The lowest BCUT2D eigenvalue weighted by Gasteiger charge is -2.36. The third-order valence-corrected chi connectivity index (χ3v) is 6.59. The van der Waals surface area contributed by atoms with Crippen molar-refractivity contribution in [1.29, 1.82) is 10.5 Å². The minimum Gasteiger partial charge on any atom is -0.383 e. The highest BCUT2D eigenvalue weighted by Crippen LogP contribution is 2.35. The Kier molecular flexibility index (Phi) is 6.95. The molecular formula is C25H21FN6OS. The molecule has 1 aliphatic rings. The maximum absolute atomic E-state index is 13.2. The van der Waals surface area contributed by atoms with Gasteiger partial charge in [0.1, 0.15) is 34.4 Å². The summed E-state index contributed by atoms with van der Waals surface area (Å²) in [5.41, 5.74) is 8.47. The largest absolute Gasteiger partial charge is 0.383 e. The maximum Gasteiger partial charge on any atom is 0.233 e. The second kappa shape index (κ2) is 10.2. The van der Waals surface area contributed by atoms with E-state index in [1.165, 1.54) is 12.1 Å². The Balaban J connectivity index is 1.47. The van der Waals surface area contributed by atoms with Gasteiger partial charge in [0.2, 0.25) is 5.91 Å². The number of rotatable bonds is 5. The van der Waals surface area contributed by atoms with Crippen molar-refractivity contribution in [2.75, 3.05) is 42.6 Å². The lowest BCUT2D eigenvalue weighted by atomic mass is 9.97. The van der Waals surface area contributed by atoms with Crippen molar-refractivity contribution in [2.24, 2.45) is 0 Å². The van der Waals surface area contributed by atoms with Crippen LogP contribution in [0.1, 0.15) is 11.1 Å². The van der Waals surface area contributed by atoms with E-state index in [0.717, 1.165) is 17.4 Å². The number of benzene rings is 2. The minimum atomic E-state index is -0.279. The fourth-order valence-corrected chi connectivity index (χ4v) is 4.78. The minimum absolute atomic E-state index is 0.0308. The smallest absolute Gasteiger partial charge is 0.233 e. The molecule has 0 unspecified atom stereocenters. The van der Waals surface area contributed by atoms with Crippen LogP contribution in [0.5, 0.6) is 0 Å². The monoisotopic (exact) mass is 472 g/mol. The van der Waals surface area contributed by atoms with Gasteiger partial charge in [-0.25, -0.2) is 9.37 Å². The first kappa shape index (κ1) is 23.1. The average Bonchev–Trinajstić information content (AvgIpc) is 2.88. The SMILES string of the molecule is N#Cc1c(N)nc(SCC(=O)N2CCN(c3ccc(F)cc3)CC2)c(C#N)c1-c1ccccc1. The summed E-state index contributed by atoms with van der Waals surface area (Å²) >= 11 is 1.14. The molecule has 1 fully saturated rings. The van der Waals surface area contributed by atoms with Crippen molar-refractivity contribution >= 4 is 29.2 Å². The third kappa shape index (κ3) is 4.80. The van der Waals surface area contributed by atoms with Gasteiger partial charge in [0.25, 0.3) is 0 Å². The number of nitrogen functional groups attached to an aromatic ring is 1. The Labute approximate surface area is 201 Å².